The van der Waals surface area contributed by atoms with Crippen molar-refractivity contribution in [3.05, 3.63) is 18.2 Å². The van der Waals surface area contributed by atoms with Gasteiger partial charge >= 0.3 is 0 Å². The van der Waals surface area contributed by atoms with Crippen molar-refractivity contribution in [2.75, 3.05) is 13.7 Å². The minimum absolute atomic E-state index is 0.840. The molecule has 1 aromatic heterocycles. The maximum absolute atomic E-state index is 5.04. The molecule has 3 heteroatoms. The molecular weight excluding hydrogens is 176 g/mol. The summed E-state index contributed by atoms with van der Waals surface area (Å²) in [6.07, 6.45) is 8.79. The topological polar surface area (TPSA) is 28.9 Å². The number of ether oxygens (including phenoxy) is 1. The lowest BCUT2D eigenvalue weighted by Crippen LogP contribution is -2.36. The lowest BCUT2D eigenvalue weighted by atomic mass is 10.3. The molecule has 0 aliphatic carbocycles. The van der Waals surface area contributed by atoms with E-state index in [1.54, 1.807) is 7.11 Å². The third kappa shape index (κ3) is 3.50. The summed E-state index contributed by atoms with van der Waals surface area (Å²) < 4.78 is 7.34. The molecule has 0 aromatic carbocycles. The Morgan fingerprint density at radius 3 is 3.00 bits per heavy atom. The second-order valence-electron chi connectivity index (χ2n) is 3.55. The molecule has 1 heterocycles. The van der Waals surface area contributed by atoms with E-state index in [0.717, 1.165) is 26.0 Å². The lowest BCUT2D eigenvalue weighted by molar-refractivity contribution is -0.703. The van der Waals surface area contributed by atoms with E-state index in [9.17, 15) is 0 Å². The Bertz CT molecular complexity index is 245. The highest BCUT2D eigenvalue weighted by Gasteiger charge is 2.08. The molecule has 1 aromatic rings. The number of imidazole rings is 1. The first-order valence-corrected chi connectivity index (χ1v) is 5.43. The zero-order chi connectivity index (χ0) is 10.2. The predicted molar refractivity (Wildman–Crippen MR) is 56.1 cm³/mol. The van der Waals surface area contributed by atoms with Gasteiger partial charge in [-0.3, -0.25) is 0 Å². The third-order valence-corrected chi connectivity index (χ3v) is 2.37. The Kier molecular flexibility index (Phi) is 5.30. The number of aromatic amines is 1. The van der Waals surface area contributed by atoms with Gasteiger partial charge < -0.3 is 4.74 Å². The van der Waals surface area contributed by atoms with Crippen LogP contribution in [0.3, 0.4) is 0 Å². The van der Waals surface area contributed by atoms with Crippen LogP contribution in [-0.2, 0) is 17.7 Å². The summed E-state index contributed by atoms with van der Waals surface area (Å²) in [5.74, 6) is 1.32. The van der Waals surface area contributed by atoms with E-state index >= 15 is 0 Å². The number of aryl methyl sites for hydroxylation is 2. The van der Waals surface area contributed by atoms with Gasteiger partial charge in [0.15, 0.2) is 0 Å². The van der Waals surface area contributed by atoms with Crippen LogP contribution in [0.1, 0.15) is 32.0 Å². The zero-order valence-corrected chi connectivity index (χ0v) is 9.25. The van der Waals surface area contributed by atoms with Crippen molar-refractivity contribution < 1.29 is 9.30 Å². The third-order valence-electron chi connectivity index (χ3n) is 2.37. The fourth-order valence-electron chi connectivity index (χ4n) is 1.53. The quantitative estimate of drug-likeness (QED) is 0.523. The number of H-pyrrole nitrogens is 1. The number of methoxy groups -OCH3 is 1. The number of aromatic nitrogens is 2. The van der Waals surface area contributed by atoms with Crippen molar-refractivity contribution in [1.29, 1.82) is 0 Å². The maximum atomic E-state index is 5.04. The molecule has 0 saturated carbocycles. The molecule has 0 bridgehead atoms. The van der Waals surface area contributed by atoms with Crippen LogP contribution in [0.5, 0.6) is 0 Å². The van der Waals surface area contributed by atoms with Crippen molar-refractivity contribution in [1.82, 2.24) is 4.98 Å². The molecule has 0 fully saturated rings. The van der Waals surface area contributed by atoms with Crippen LogP contribution in [0, 0.1) is 0 Å². The van der Waals surface area contributed by atoms with Gasteiger partial charge in [0.2, 0.25) is 0 Å². The molecule has 0 radical (unpaired) electrons. The first-order chi connectivity index (χ1) is 6.88. The molecular formula is C11H21N2O+. The number of hydrogen-bond acceptors (Lipinski definition) is 1. The van der Waals surface area contributed by atoms with Gasteiger partial charge in [0.25, 0.3) is 5.82 Å². The monoisotopic (exact) mass is 197 g/mol. The lowest BCUT2D eigenvalue weighted by Gasteiger charge is -1.99. The summed E-state index contributed by atoms with van der Waals surface area (Å²) in [5.41, 5.74) is 0. The van der Waals surface area contributed by atoms with E-state index in [0.29, 0.717) is 0 Å². The second kappa shape index (κ2) is 6.60. The molecule has 1 rings (SSSR count). The van der Waals surface area contributed by atoms with Crippen LogP contribution >= 0.6 is 0 Å². The molecule has 0 aliphatic rings. The Morgan fingerprint density at radius 1 is 1.43 bits per heavy atom. The molecule has 80 valence electrons. The largest absolute Gasteiger partial charge is 0.385 e. The molecule has 0 spiro atoms. The molecule has 0 saturated heterocycles. The van der Waals surface area contributed by atoms with Gasteiger partial charge in [-0.1, -0.05) is 13.3 Å². The normalized spacial score (nSPS) is 10.7. The molecule has 0 aliphatic heterocycles. The summed E-state index contributed by atoms with van der Waals surface area (Å²) in [5, 5.41) is 0. The average Bonchev–Trinajstić information content (AvgIpc) is 2.63. The van der Waals surface area contributed by atoms with Crippen molar-refractivity contribution in [2.24, 2.45) is 0 Å². The Labute approximate surface area is 86.1 Å². The first-order valence-electron chi connectivity index (χ1n) is 5.43. The van der Waals surface area contributed by atoms with Crippen molar-refractivity contribution in [3.63, 3.8) is 0 Å². The van der Waals surface area contributed by atoms with Gasteiger partial charge in [-0.05, 0) is 12.8 Å². The van der Waals surface area contributed by atoms with E-state index in [2.05, 4.69) is 22.7 Å². The van der Waals surface area contributed by atoms with Crippen molar-refractivity contribution in [2.45, 2.75) is 39.2 Å². The van der Waals surface area contributed by atoms with Crippen LogP contribution in [0.4, 0.5) is 0 Å². The highest BCUT2D eigenvalue weighted by molar-refractivity contribution is 4.77. The standard InChI is InChI=1S/C11H20N2O/c1-3-4-8-13-9-7-12-11(13)6-5-10-14-2/h7,9H,3-6,8,10H2,1-2H3/p+1. The molecule has 1 N–H and O–H groups in total. The Balaban J connectivity index is 2.37. The maximum Gasteiger partial charge on any atom is 0.254 e. The van der Waals surface area contributed by atoms with E-state index in [1.165, 1.54) is 18.7 Å². The van der Waals surface area contributed by atoms with E-state index in [1.807, 2.05) is 6.20 Å². The average molecular weight is 197 g/mol. The zero-order valence-electron chi connectivity index (χ0n) is 9.25. The van der Waals surface area contributed by atoms with E-state index in [4.69, 9.17) is 4.74 Å². The predicted octanol–water partition coefficient (Wildman–Crippen LogP) is 1.68. The first kappa shape index (κ1) is 11.2. The summed E-state index contributed by atoms with van der Waals surface area (Å²) in [4.78, 5) is 3.28. The Hall–Kier alpha value is -0.830. The van der Waals surface area contributed by atoms with Gasteiger partial charge in [0.05, 0.1) is 13.0 Å². The minimum Gasteiger partial charge on any atom is -0.385 e. The van der Waals surface area contributed by atoms with E-state index in [-0.39, 0.29) is 0 Å². The van der Waals surface area contributed by atoms with Gasteiger partial charge in [0, 0.05) is 13.7 Å². The van der Waals surface area contributed by atoms with Gasteiger partial charge in [-0.15, -0.1) is 0 Å². The minimum atomic E-state index is 0.840. The summed E-state index contributed by atoms with van der Waals surface area (Å²) in [7, 11) is 1.75. The summed E-state index contributed by atoms with van der Waals surface area (Å²) >= 11 is 0. The molecule has 0 unspecified atom stereocenters. The van der Waals surface area contributed by atoms with Crippen molar-refractivity contribution >= 4 is 0 Å². The molecule has 0 atom stereocenters. The van der Waals surface area contributed by atoms with Crippen LogP contribution in [0.2, 0.25) is 0 Å². The van der Waals surface area contributed by atoms with Crippen LogP contribution in [0.25, 0.3) is 0 Å². The summed E-state index contributed by atoms with van der Waals surface area (Å²) in [6, 6.07) is 0. The van der Waals surface area contributed by atoms with Gasteiger partial charge in [-0.2, -0.15) is 0 Å². The number of nitrogens with zero attached hydrogens (tertiary/aromatic N) is 1. The van der Waals surface area contributed by atoms with Crippen molar-refractivity contribution in [3.8, 4) is 0 Å². The number of unbranched alkanes of at least 4 members (excludes halogenated alkanes) is 1. The van der Waals surface area contributed by atoms with Crippen LogP contribution < -0.4 is 4.57 Å². The molecule has 0 amide bonds. The van der Waals surface area contributed by atoms with Crippen LogP contribution in [-0.4, -0.2) is 18.7 Å². The van der Waals surface area contributed by atoms with Gasteiger partial charge in [-0.25, -0.2) is 9.55 Å². The SMILES string of the molecule is CCCC[n+]1cc[nH]c1CCCOC. The number of hydrogen-bond donors (Lipinski definition) is 1. The fraction of sp³-hybridized carbons (Fsp3) is 0.727. The van der Waals surface area contributed by atoms with Gasteiger partial charge in [0.1, 0.15) is 12.4 Å². The number of nitrogens with one attached hydrogen (secondary N) is 1. The Morgan fingerprint density at radius 2 is 2.29 bits per heavy atom. The highest BCUT2D eigenvalue weighted by Crippen LogP contribution is 1.95. The second-order valence-corrected chi connectivity index (χ2v) is 3.55. The molecule has 14 heavy (non-hydrogen) atoms. The van der Waals surface area contributed by atoms with Crippen LogP contribution in [0.15, 0.2) is 12.4 Å². The smallest absolute Gasteiger partial charge is 0.254 e. The van der Waals surface area contributed by atoms with E-state index < -0.39 is 0 Å². The fourth-order valence-corrected chi connectivity index (χ4v) is 1.53. The number of rotatable bonds is 7. The summed E-state index contributed by atoms with van der Waals surface area (Å²) in [6.45, 7) is 4.19. The highest BCUT2D eigenvalue weighted by atomic mass is 16.5. The molecule has 3 nitrogen and oxygen atoms in total.